The second-order valence-electron chi connectivity index (χ2n) is 3.49. The third-order valence-electron chi connectivity index (χ3n) is 2.13. The summed E-state index contributed by atoms with van der Waals surface area (Å²) in [6.07, 6.45) is 2.42. The zero-order valence-corrected chi connectivity index (χ0v) is 9.82. The van der Waals surface area contributed by atoms with Crippen LogP contribution in [0.25, 0.3) is 0 Å². The molecule has 0 aromatic carbocycles. The largest absolute Gasteiger partial charge is 0.382 e. The van der Waals surface area contributed by atoms with Crippen LogP contribution < -0.4 is 5.32 Å². The van der Waals surface area contributed by atoms with Gasteiger partial charge >= 0.3 is 0 Å². The van der Waals surface area contributed by atoms with Crippen molar-refractivity contribution in [2.75, 3.05) is 19.8 Å². The molecule has 1 rings (SSSR count). The predicted octanol–water partition coefficient (Wildman–Crippen LogP) is 1.55. The van der Waals surface area contributed by atoms with Crippen molar-refractivity contribution in [3.63, 3.8) is 0 Å². The molecule has 0 bridgehead atoms. The fourth-order valence-corrected chi connectivity index (χ4v) is 1.22. The van der Waals surface area contributed by atoms with Crippen molar-refractivity contribution >= 4 is 5.91 Å². The van der Waals surface area contributed by atoms with Crippen LogP contribution in [0.15, 0.2) is 18.3 Å². The third kappa shape index (κ3) is 4.40. The molecule has 1 N–H and O–H groups in total. The SMILES string of the molecule is CCOCCCNC(=O)c1ccc(C)nc1. The lowest BCUT2D eigenvalue weighted by Crippen LogP contribution is -2.25. The second-order valence-corrected chi connectivity index (χ2v) is 3.49. The molecule has 4 heteroatoms. The van der Waals surface area contributed by atoms with Crippen LogP contribution in [-0.2, 0) is 4.74 Å². The highest BCUT2D eigenvalue weighted by Gasteiger charge is 2.03. The second kappa shape index (κ2) is 6.95. The van der Waals surface area contributed by atoms with Crippen LogP contribution in [0.5, 0.6) is 0 Å². The fourth-order valence-electron chi connectivity index (χ4n) is 1.22. The van der Waals surface area contributed by atoms with E-state index in [0.717, 1.165) is 18.7 Å². The van der Waals surface area contributed by atoms with Gasteiger partial charge in [0.05, 0.1) is 5.56 Å². The van der Waals surface area contributed by atoms with Crippen LogP contribution in [0.2, 0.25) is 0 Å². The predicted molar refractivity (Wildman–Crippen MR) is 62.4 cm³/mol. The van der Waals surface area contributed by atoms with Gasteiger partial charge in [0.25, 0.3) is 5.91 Å². The molecule has 0 atom stereocenters. The van der Waals surface area contributed by atoms with E-state index in [0.29, 0.717) is 18.7 Å². The van der Waals surface area contributed by atoms with Crippen molar-refractivity contribution in [2.24, 2.45) is 0 Å². The maximum Gasteiger partial charge on any atom is 0.252 e. The van der Waals surface area contributed by atoms with Gasteiger partial charge in [-0.3, -0.25) is 9.78 Å². The molecule has 0 aliphatic rings. The first-order chi connectivity index (χ1) is 7.74. The molecule has 0 aliphatic heterocycles. The van der Waals surface area contributed by atoms with Gasteiger partial charge in [0.2, 0.25) is 0 Å². The standard InChI is InChI=1S/C12H18N2O2/c1-3-16-8-4-7-13-12(15)11-6-5-10(2)14-9-11/h5-6,9H,3-4,7-8H2,1-2H3,(H,13,15). The lowest BCUT2D eigenvalue weighted by Gasteiger charge is -2.05. The van der Waals surface area contributed by atoms with E-state index in [4.69, 9.17) is 4.74 Å². The summed E-state index contributed by atoms with van der Waals surface area (Å²) in [4.78, 5) is 15.7. The Hall–Kier alpha value is -1.42. The van der Waals surface area contributed by atoms with Gasteiger partial charge in [-0.15, -0.1) is 0 Å². The van der Waals surface area contributed by atoms with Crippen LogP contribution in [0.1, 0.15) is 29.4 Å². The van der Waals surface area contributed by atoms with E-state index in [2.05, 4.69) is 10.3 Å². The smallest absolute Gasteiger partial charge is 0.252 e. The van der Waals surface area contributed by atoms with Crippen LogP contribution in [-0.4, -0.2) is 30.6 Å². The molecule has 0 fully saturated rings. The molecule has 0 spiro atoms. The zero-order valence-electron chi connectivity index (χ0n) is 9.82. The average Bonchev–Trinajstić information content (AvgIpc) is 2.29. The highest BCUT2D eigenvalue weighted by molar-refractivity contribution is 5.93. The monoisotopic (exact) mass is 222 g/mol. The van der Waals surface area contributed by atoms with E-state index in [-0.39, 0.29) is 5.91 Å². The van der Waals surface area contributed by atoms with E-state index >= 15 is 0 Å². The zero-order chi connectivity index (χ0) is 11.8. The Morgan fingerprint density at radius 3 is 2.94 bits per heavy atom. The number of rotatable bonds is 6. The first kappa shape index (κ1) is 12.6. The number of carbonyl (C=O) groups is 1. The van der Waals surface area contributed by atoms with Gasteiger partial charge in [0.15, 0.2) is 0 Å². The summed E-state index contributed by atoms with van der Waals surface area (Å²) in [7, 11) is 0. The molecular formula is C12H18N2O2. The minimum atomic E-state index is -0.0796. The molecular weight excluding hydrogens is 204 g/mol. The number of carbonyl (C=O) groups excluding carboxylic acids is 1. The number of ether oxygens (including phenoxy) is 1. The summed E-state index contributed by atoms with van der Waals surface area (Å²) < 4.78 is 5.17. The van der Waals surface area contributed by atoms with Crippen LogP contribution in [0.3, 0.4) is 0 Å². The highest BCUT2D eigenvalue weighted by Crippen LogP contribution is 1.98. The minimum Gasteiger partial charge on any atom is -0.382 e. The first-order valence-electron chi connectivity index (χ1n) is 5.52. The average molecular weight is 222 g/mol. The van der Waals surface area contributed by atoms with Crippen molar-refractivity contribution in [1.29, 1.82) is 0 Å². The first-order valence-corrected chi connectivity index (χ1v) is 5.52. The molecule has 0 unspecified atom stereocenters. The summed E-state index contributed by atoms with van der Waals surface area (Å²) in [6, 6.07) is 3.61. The molecule has 88 valence electrons. The summed E-state index contributed by atoms with van der Waals surface area (Å²) in [5.41, 5.74) is 1.51. The summed E-state index contributed by atoms with van der Waals surface area (Å²) in [5, 5.41) is 2.82. The molecule has 1 aromatic rings. The van der Waals surface area contributed by atoms with Gasteiger partial charge in [0, 0.05) is 31.6 Å². The van der Waals surface area contributed by atoms with Gasteiger partial charge < -0.3 is 10.1 Å². The van der Waals surface area contributed by atoms with Crippen molar-refractivity contribution in [2.45, 2.75) is 20.3 Å². The van der Waals surface area contributed by atoms with E-state index < -0.39 is 0 Å². The van der Waals surface area contributed by atoms with Gasteiger partial charge in [-0.25, -0.2) is 0 Å². The number of pyridine rings is 1. The summed E-state index contributed by atoms with van der Waals surface area (Å²) in [5.74, 6) is -0.0796. The lowest BCUT2D eigenvalue weighted by atomic mass is 10.2. The molecule has 0 aliphatic carbocycles. The van der Waals surface area contributed by atoms with Crippen molar-refractivity contribution in [3.05, 3.63) is 29.6 Å². The molecule has 16 heavy (non-hydrogen) atoms. The molecule has 1 amide bonds. The number of nitrogens with one attached hydrogen (secondary N) is 1. The molecule has 0 saturated heterocycles. The highest BCUT2D eigenvalue weighted by atomic mass is 16.5. The van der Waals surface area contributed by atoms with E-state index in [1.807, 2.05) is 19.9 Å². The van der Waals surface area contributed by atoms with Crippen molar-refractivity contribution in [1.82, 2.24) is 10.3 Å². The Morgan fingerprint density at radius 1 is 1.50 bits per heavy atom. The van der Waals surface area contributed by atoms with Crippen molar-refractivity contribution in [3.8, 4) is 0 Å². The quantitative estimate of drug-likeness (QED) is 0.743. The molecule has 0 saturated carbocycles. The number of amides is 1. The lowest BCUT2D eigenvalue weighted by molar-refractivity contribution is 0.0944. The van der Waals surface area contributed by atoms with E-state index in [9.17, 15) is 4.79 Å². The molecule has 4 nitrogen and oxygen atoms in total. The Morgan fingerprint density at radius 2 is 2.31 bits per heavy atom. The van der Waals surface area contributed by atoms with Gasteiger partial charge in [0.1, 0.15) is 0 Å². The third-order valence-corrected chi connectivity index (χ3v) is 2.13. The molecule has 1 heterocycles. The Labute approximate surface area is 96.0 Å². The Kier molecular flexibility index (Phi) is 5.50. The van der Waals surface area contributed by atoms with E-state index in [1.165, 1.54) is 0 Å². The Balaban J connectivity index is 2.27. The fraction of sp³-hybridized carbons (Fsp3) is 0.500. The van der Waals surface area contributed by atoms with Gasteiger partial charge in [-0.2, -0.15) is 0 Å². The number of aromatic nitrogens is 1. The maximum atomic E-state index is 11.6. The Bertz CT molecular complexity index is 322. The van der Waals surface area contributed by atoms with Gasteiger partial charge in [-0.1, -0.05) is 0 Å². The number of nitrogens with zero attached hydrogens (tertiary/aromatic N) is 1. The maximum absolute atomic E-state index is 11.6. The van der Waals surface area contributed by atoms with Crippen LogP contribution in [0.4, 0.5) is 0 Å². The van der Waals surface area contributed by atoms with Crippen LogP contribution in [0, 0.1) is 6.92 Å². The normalized spacial score (nSPS) is 10.1. The molecule has 0 radical (unpaired) electrons. The van der Waals surface area contributed by atoms with Crippen LogP contribution >= 0.6 is 0 Å². The number of hydrogen-bond donors (Lipinski definition) is 1. The topological polar surface area (TPSA) is 51.2 Å². The van der Waals surface area contributed by atoms with Crippen molar-refractivity contribution < 1.29 is 9.53 Å². The summed E-state index contributed by atoms with van der Waals surface area (Å²) in [6.45, 7) is 5.88. The minimum absolute atomic E-state index is 0.0796. The molecule has 1 aromatic heterocycles. The number of hydrogen-bond acceptors (Lipinski definition) is 3. The number of aryl methyl sites for hydroxylation is 1. The van der Waals surface area contributed by atoms with Gasteiger partial charge in [-0.05, 0) is 32.4 Å². The van der Waals surface area contributed by atoms with E-state index in [1.54, 1.807) is 12.3 Å². The summed E-state index contributed by atoms with van der Waals surface area (Å²) >= 11 is 0.